The highest BCUT2D eigenvalue weighted by molar-refractivity contribution is 5.97. The summed E-state index contributed by atoms with van der Waals surface area (Å²) in [6.07, 6.45) is 10.4. The lowest BCUT2D eigenvalue weighted by atomic mass is 9.88. The van der Waals surface area contributed by atoms with E-state index in [1.54, 1.807) is 12.0 Å². The number of hydrogen-bond acceptors (Lipinski definition) is 6. The maximum Gasteiger partial charge on any atom is 0.410 e. The predicted molar refractivity (Wildman–Crippen MR) is 167 cm³/mol. The van der Waals surface area contributed by atoms with Crippen molar-refractivity contribution in [3.63, 3.8) is 0 Å². The zero-order chi connectivity index (χ0) is 30.4. The SMILES string of the molecule is CCN(c1cccc2c1C/C=C/CCc1cc(C)nc(OC)c1CNC2=O)[C@H]1CC[C@@H](N(C)C(=O)OC(C)(C)C)CC1. The van der Waals surface area contributed by atoms with Gasteiger partial charge in [0, 0.05) is 54.7 Å². The number of pyridine rings is 1. The van der Waals surface area contributed by atoms with Crippen LogP contribution < -0.4 is 15.0 Å². The summed E-state index contributed by atoms with van der Waals surface area (Å²) in [5.74, 6) is 0.485. The molecule has 1 aromatic heterocycles. The Morgan fingerprint density at radius 2 is 1.81 bits per heavy atom. The molecule has 0 bridgehead atoms. The third-order valence-electron chi connectivity index (χ3n) is 8.38. The van der Waals surface area contributed by atoms with Crippen LogP contribution in [0.25, 0.3) is 0 Å². The van der Waals surface area contributed by atoms with Crippen LogP contribution in [0.15, 0.2) is 36.4 Å². The molecule has 2 aliphatic rings. The summed E-state index contributed by atoms with van der Waals surface area (Å²) in [7, 11) is 3.48. The first-order valence-corrected chi connectivity index (χ1v) is 15.3. The maximum absolute atomic E-state index is 13.7. The predicted octanol–water partition coefficient (Wildman–Crippen LogP) is 6.38. The average molecular weight is 577 g/mol. The standard InChI is InChI=1S/C34H48N4O4/c1-8-38(26-19-17-25(18-20-26)37(6)33(40)42-34(3,4)5)30-16-12-15-28-27(30)14-11-9-10-13-24-21-23(2)36-32(41-7)29(24)22-35-31(28)39/h9,11-12,15-16,21,25-26H,8,10,13-14,17-20,22H2,1-7H3,(H,35,39)/b11-9+/t25-,26+. The van der Waals surface area contributed by atoms with Gasteiger partial charge < -0.3 is 24.6 Å². The van der Waals surface area contributed by atoms with Crippen LogP contribution in [-0.4, -0.2) is 60.3 Å². The lowest BCUT2D eigenvalue weighted by molar-refractivity contribution is 0.0183. The Balaban J connectivity index is 1.55. The van der Waals surface area contributed by atoms with Gasteiger partial charge >= 0.3 is 6.09 Å². The van der Waals surface area contributed by atoms with Gasteiger partial charge in [-0.25, -0.2) is 9.78 Å². The van der Waals surface area contributed by atoms with Crippen molar-refractivity contribution in [3.05, 3.63) is 64.4 Å². The number of fused-ring (bicyclic) bond motifs is 2. The highest BCUT2D eigenvalue weighted by atomic mass is 16.6. The number of carbonyl (C=O) groups excluding carboxylic acids is 2. The van der Waals surface area contributed by atoms with Crippen molar-refractivity contribution in [1.29, 1.82) is 0 Å². The normalized spacial score (nSPS) is 20.1. The first-order chi connectivity index (χ1) is 20.0. The molecule has 0 saturated heterocycles. The third kappa shape index (κ3) is 7.44. The topological polar surface area (TPSA) is 84.0 Å². The summed E-state index contributed by atoms with van der Waals surface area (Å²) in [6.45, 7) is 11.1. The number of allylic oxidation sites excluding steroid dienone is 2. The highest BCUT2D eigenvalue weighted by Gasteiger charge is 2.32. The number of methoxy groups -OCH3 is 1. The second kappa shape index (κ2) is 13.6. The average Bonchev–Trinajstić information content (AvgIpc) is 2.95. The lowest BCUT2D eigenvalue weighted by Gasteiger charge is -2.41. The molecule has 2 aromatic rings. The van der Waals surface area contributed by atoms with Crippen LogP contribution in [-0.2, 0) is 24.1 Å². The van der Waals surface area contributed by atoms with Gasteiger partial charge in [0.05, 0.1) is 7.11 Å². The third-order valence-corrected chi connectivity index (χ3v) is 8.38. The summed E-state index contributed by atoms with van der Waals surface area (Å²) in [4.78, 5) is 35.1. The zero-order valence-corrected chi connectivity index (χ0v) is 26.5. The molecule has 2 amide bonds. The minimum absolute atomic E-state index is 0.0897. The van der Waals surface area contributed by atoms with Crippen LogP contribution in [0.5, 0.6) is 5.88 Å². The van der Waals surface area contributed by atoms with Crippen molar-refractivity contribution in [2.75, 3.05) is 25.6 Å². The fourth-order valence-electron chi connectivity index (χ4n) is 6.28. The number of aryl methyl sites for hydroxylation is 2. The minimum Gasteiger partial charge on any atom is -0.481 e. The molecule has 0 unspecified atom stereocenters. The minimum atomic E-state index is -0.506. The van der Waals surface area contributed by atoms with E-state index < -0.39 is 5.60 Å². The van der Waals surface area contributed by atoms with Crippen molar-refractivity contribution < 1.29 is 19.1 Å². The Morgan fingerprint density at radius 1 is 1.10 bits per heavy atom. The van der Waals surface area contributed by atoms with E-state index in [1.165, 1.54) is 0 Å². The van der Waals surface area contributed by atoms with Crippen molar-refractivity contribution in [2.45, 2.75) is 104 Å². The summed E-state index contributed by atoms with van der Waals surface area (Å²) in [6, 6.07) is 8.67. The highest BCUT2D eigenvalue weighted by Crippen LogP contribution is 2.34. The van der Waals surface area contributed by atoms with Crippen LogP contribution in [0, 0.1) is 6.92 Å². The molecule has 0 spiro atoms. The molecule has 2 heterocycles. The molecule has 1 saturated carbocycles. The van der Waals surface area contributed by atoms with Crippen LogP contribution >= 0.6 is 0 Å². The molecule has 1 aliphatic carbocycles. The van der Waals surface area contributed by atoms with Crippen molar-refractivity contribution in [1.82, 2.24) is 15.2 Å². The first-order valence-electron chi connectivity index (χ1n) is 15.3. The van der Waals surface area contributed by atoms with Crippen LogP contribution in [0.2, 0.25) is 0 Å². The van der Waals surface area contributed by atoms with E-state index in [4.69, 9.17) is 9.47 Å². The molecular formula is C34H48N4O4. The lowest BCUT2D eigenvalue weighted by Crippen LogP contribution is -2.46. The number of anilines is 1. The molecule has 0 radical (unpaired) electrons. The summed E-state index contributed by atoms with van der Waals surface area (Å²) in [5, 5.41) is 3.16. The molecule has 1 fully saturated rings. The van der Waals surface area contributed by atoms with Gasteiger partial charge in [-0.3, -0.25) is 4.79 Å². The summed E-state index contributed by atoms with van der Waals surface area (Å²) in [5.41, 5.74) is 5.37. The number of nitrogens with zero attached hydrogens (tertiary/aromatic N) is 3. The number of rotatable bonds is 5. The van der Waals surface area contributed by atoms with Gasteiger partial charge in [-0.2, -0.15) is 0 Å². The van der Waals surface area contributed by atoms with E-state index in [0.717, 1.165) is 73.1 Å². The van der Waals surface area contributed by atoms with Crippen LogP contribution in [0.4, 0.5) is 10.5 Å². The second-order valence-electron chi connectivity index (χ2n) is 12.5. The summed E-state index contributed by atoms with van der Waals surface area (Å²) < 4.78 is 11.2. The molecule has 8 heteroatoms. The van der Waals surface area contributed by atoms with E-state index in [-0.39, 0.29) is 18.0 Å². The number of carbonyl (C=O) groups is 2. The van der Waals surface area contributed by atoms with Gasteiger partial charge in [-0.05, 0) is 109 Å². The number of amides is 2. The van der Waals surface area contributed by atoms with Crippen molar-refractivity contribution >= 4 is 17.7 Å². The van der Waals surface area contributed by atoms with Gasteiger partial charge in [0.25, 0.3) is 5.91 Å². The van der Waals surface area contributed by atoms with Gasteiger partial charge in [-0.15, -0.1) is 0 Å². The first kappa shape index (κ1) is 31.4. The van der Waals surface area contributed by atoms with Gasteiger partial charge in [0.15, 0.2) is 0 Å². The monoisotopic (exact) mass is 576 g/mol. The molecular weight excluding hydrogens is 528 g/mol. The second-order valence-corrected chi connectivity index (χ2v) is 12.5. The molecule has 0 atom stereocenters. The Morgan fingerprint density at radius 3 is 2.48 bits per heavy atom. The maximum atomic E-state index is 13.7. The molecule has 1 aromatic carbocycles. The van der Waals surface area contributed by atoms with Gasteiger partial charge in [0.1, 0.15) is 5.60 Å². The van der Waals surface area contributed by atoms with Crippen molar-refractivity contribution in [2.24, 2.45) is 0 Å². The number of benzene rings is 1. The quantitative estimate of drug-likeness (QED) is 0.416. The van der Waals surface area contributed by atoms with Gasteiger partial charge in [0.2, 0.25) is 5.88 Å². The number of nitrogens with one attached hydrogen (secondary N) is 1. The zero-order valence-electron chi connectivity index (χ0n) is 26.5. The fraction of sp³-hybridized carbons (Fsp3) is 0.559. The van der Waals surface area contributed by atoms with E-state index >= 15 is 0 Å². The van der Waals surface area contributed by atoms with Crippen molar-refractivity contribution in [3.8, 4) is 5.88 Å². The summed E-state index contributed by atoms with van der Waals surface area (Å²) >= 11 is 0. The number of hydrogen-bond donors (Lipinski definition) is 1. The largest absolute Gasteiger partial charge is 0.481 e. The molecule has 1 N–H and O–H groups in total. The molecule has 4 rings (SSSR count). The number of ether oxygens (including phenoxy) is 2. The Labute approximate surface area is 251 Å². The van der Waals surface area contributed by atoms with Crippen LogP contribution in [0.3, 0.4) is 0 Å². The molecule has 1 aliphatic heterocycles. The smallest absolute Gasteiger partial charge is 0.410 e. The van der Waals surface area contributed by atoms with E-state index in [9.17, 15) is 9.59 Å². The molecule has 228 valence electrons. The van der Waals surface area contributed by atoms with E-state index in [1.807, 2.05) is 46.9 Å². The molecule has 42 heavy (non-hydrogen) atoms. The fourth-order valence-corrected chi connectivity index (χ4v) is 6.28. The van der Waals surface area contributed by atoms with Crippen LogP contribution in [0.1, 0.15) is 92.5 Å². The van der Waals surface area contributed by atoms with E-state index in [0.29, 0.717) is 30.5 Å². The Kier molecular flexibility index (Phi) is 10.2. The van der Waals surface area contributed by atoms with E-state index in [2.05, 4.69) is 46.4 Å². The Hall–Kier alpha value is -3.55. The molecule has 8 nitrogen and oxygen atoms in total. The Bertz CT molecular complexity index is 1290. The number of aromatic nitrogens is 1. The van der Waals surface area contributed by atoms with Gasteiger partial charge in [-0.1, -0.05) is 18.2 Å².